The van der Waals surface area contributed by atoms with Crippen LogP contribution >= 0.6 is 0 Å². The highest BCUT2D eigenvalue weighted by Gasteiger charge is 2.57. The Hall–Kier alpha value is -2.04. The van der Waals surface area contributed by atoms with Crippen LogP contribution in [-0.4, -0.2) is 41.1 Å². The van der Waals surface area contributed by atoms with Crippen LogP contribution in [0, 0.1) is 0 Å². The summed E-state index contributed by atoms with van der Waals surface area (Å²) in [6, 6.07) is 7.64. The summed E-state index contributed by atoms with van der Waals surface area (Å²) in [7, 11) is 1.61. The Balaban J connectivity index is 1.87. The van der Waals surface area contributed by atoms with Crippen molar-refractivity contribution in [2.45, 2.75) is 30.7 Å². The predicted octanol–water partition coefficient (Wildman–Crippen LogP) is 1.63. The number of fused-ring (bicyclic) bond motifs is 1. The first-order chi connectivity index (χ1) is 9.56. The number of hydrogen-bond donors (Lipinski definition) is 1. The van der Waals surface area contributed by atoms with Crippen molar-refractivity contribution >= 4 is 11.9 Å². The van der Waals surface area contributed by atoms with E-state index in [1.54, 1.807) is 12.0 Å². The summed E-state index contributed by atoms with van der Waals surface area (Å²) in [5.74, 6) is -0.0553. The van der Waals surface area contributed by atoms with Crippen molar-refractivity contribution in [2.24, 2.45) is 0 Å². The van der Waals surface area contributed by atoms with Crippen molar-refractivity contribution in [3.05, 3.63) is 29.8 Å². The fourth-order valence-electron chi connectivity index (χ4n) is 3.41. The monoisotopic (exact) mass is 275 g/mol. The van der Waals surface area contributed by atoms with E-state index in [1.165, 1.54) is 0 Å². The fourth-order valence-corrected chi connectivity index (χ4v) is 3.41. The van der Waals surface area contributed by atoms with Gasteiger partial charge < -0.3 is 14.7 Å². The number of aliphatic carboxylic acids is 1. The SMILES string of the molecule is COc1ccc([C@@H]2CN3C(=O)CC[C@@]3(C(=O)O)C2)cc1. The second-order valence-corrected chi connectivity index (χ2v) is 5.52. The summed E-state index contributed by atoms with van der Waals surface area (Å²) >= 11 is 0. The summed E-state index contributed by atoms with van der Waals surface area (Å²) in [6.07, 6.45) is 1.27. The van der Waals surface area contributed by atoms with E-state index in [9.17, 15) is 14.7 Å². The number of carbonyl (C=O) groups is 2. The molecule has 1 aromatic rings. The smallest absolute Gasteiger partial charge is 0.329 e. The van der Waals surface area contributed by atoms with Crippen molar-refractivity contribution in [1.82, 2.24) is 4.90 Å². The van der Waals surface area contributed by atoms with Crippen molar-refractivity contribution in [1.29, 1.82) is 0 Å². The third-order valence-corrected chi connectivity index (χ3v) is 4.54. The van der Waals surface area contributed by atoms with Crippen LogP contribution in [0.15, 0.2) is 24.3 Å². The molecule has 1 N–H and O–H groups in total. The van der Waals surface area contributed by atoms with Gasteiger partial charge in [0.05, 0.1) is 7.11 Å². The number of amides is 1. The lowest BCUT2D eigenvalue weighted by Gasteiger charge is -2.26. The zero-order valence-corrected chi connectivity index (χ0v) is 11.3. The molecule has 0 aromatic heterocycles. The molecule has 0 radical (unpaired) electrons. The van der Waals surface area contributed by atoms with Crippen molar-refractivity contribution < 1.29 is 19.4 Å². The summed E-state index contributed by atoms with van der Waals surface area (Å²) < 4.78 is 5.12. The molecule has 0 unspecified atom stereocenters. The minimum absolute atomic E-state index is 0.0385. The Bertz CT molecular complexity index is 553. The summed E-state index contributed by atoms with van der Waals surface area (Å²) in [4.78, 5) is 25.1. The lowest BCUT2D eigenvalue weighted by atomic mass is 9.87. The Morgan fingerprint density at radius 2 is 2.10 bits per heavy atom. The van der Waals surface area contributed by atoms with Gasteiger partial charge in [-0.2, -0.15) is 0 Å². The molecule has 2 fully saturated rings. The molecule has 0 bridgehead atoms. The lowest BCUT2D eigenvalue weighted by molar-refractivity contribution is -0.151. The molecule has 1 amide bonds. The standard InChI is InChI=1S/C15H17NO4/c1-20-12-4-2-10(3-5-12)11-8-15(14(18)19)7-6-13(17)16(15)9-11/h2-5,11H,6-9H2,1H3,(H,18,19)/t11-,15-/m0/s1. The van der Waals surface area contributed by atoms with Gasteiger partial charge >= 0.3 is 5.97 Å². The molecule has 3 rings (SSSR count). The largest absolute Gasteiger partial charge is 0.497 e. The summed E-state index contributed by atoms with van der Waals surface area (Å²) in [5, 5.41) is 9.52. The van der Waals surface area contributed by atoms with Gasteiger partial charge in [-0.1, -0.05) is 12.1 Å². The second kappa shape index (κ2) is 4.51. The summed E-state index contributed by atoms with van der Waals surface area (Å²) in [6.45, 7) is 0.497. The van der Waals surface area contributed by atoms with Crippen LogP contribution in [0.1, 0.15) is 30.7 Å². The highest BCUT2D eigenvalue weighted by Crippen LogP contribution is 2.46. The van der Waals surface area contributed by atoms with Crippen LogP contribution in [0.2, 0.25) is 0 Å². The second-order valence-electron chi connectivity index (χ2n) is 5.52. The average Bonchev–Trinajstić information content (AvgIpc) is 2.98. The Morgan fingerprint density at radius 1 is 1.40 bits per heavy atom. The number of methoxy groups -OCH3 is 1. The zero-order valence-electron chi connectivity index (χ0n) is 11.3. The van der Waals surface area contributed by atoms with E-state index in [0.717, 1.165) is 11.3 Å². The number of carboxylic acid groups (broad SMARTS) is 1. The van der Waals surface area contributed by atoms with Crippen LogP contribution in [0.5, 0.6) is 5.75 Å². The third-order valence-electron chi connectivity index (χ3n) is 4.54. The predicted molar refractivity (Wildman–Crippen MR) is 71.7 cm³/mol. The van der Waals surface area contributed by atoms with Gasteiger partial charge in [0.15, 0.2) is 0 Å². The topological polar surface area (TPSA) is 66.8 Å². The Kier molecular flexibility index (Phi) is 2.92. The van der Waals surface area contributed by atoms with Gasteiger partial charge in [-0.25, -0.2) is 4.79 Å². The number of rotatable bonds is 3. The van der Waals surface area contributed by atoms with E-state index < -0.39 is 11.5 Å². The van der Waals surface area contributed by atoms with Crippen LogP contribution in [0.3, 0.4) is 0 Å². The molecule has 0 aliphatic carbocycles. The molecule has 20 heavy (non-hydrogen) atoms. The minimum Gasteiger partial charge on any atom is -0.497 e. The molecule has 2 saturated heterocycles. The van der Waals surface area contributed by atoms with Crippen LogP contribution < -0.4 is 4.74 Å². The number of nitrogens with zero attached hydrogens (tertiary/aromatic N) is 1. The molecule has 5 heteroatoms. The van der Waals surface area contributed by atoms with Gasteiger partial charge in [0, 0.05) is 18.9 Å². The van der Waals surface area contributed by atoms with Gasteiger partial charge in [0.25, 0.3) is 0 Å². The fraction of sp³-hybridized carbons (Fsp3) is 0.467. The number of carbonyl (C=O) groups excluding carboxylic acids is 1. The number of carboxylic acids is 1. The van der Waals surface area contributed by atoms with Crippen molar-refractivity contribution in [3.8, 4) is 5.75 Å². The molecule has 1 aromatic carbocycles. The van der Waals surface area contributed by atoms with Crippen molar-refractivity contribution in [3.63, 3.8) is 0 Å². The first kappa shape index (κ1) is 13.0. The number of hydrogen-bond acceptors (Lipinski definition) is 3. The maximum absolute atomic E-state index is 11.9. The number of benzene rings is 1. The zero-order chi connectivity index (χ0) is 14.3. The van der Waals surface area contributed by atoms with Crippen molar-refractivity contribution in [2.75, 3.05) is 13.7 Å². The van der Waals surface area contributed by atoms with Gasteiger partial charge in [0.1, 0.15) is 11.3 Å². The first-order valence-corrected chi connectivity index (χ1v) is 6.74. The van der Waals surface area contributed by atoms with E-state index in [0.29, 0.717) is 25.8 Å². The normalized spacial score (nSPS) is 28.6. The van der Waals surface area contributed by atoms with Crippen LogP contribution in [0.4, 0.5) is 0 Å². The minimum atomic E-state index is -0.984. The average molecular weight is 275 g/mol. The molecule has 0 saturated carbocycles. The molecule has 2 aliphatic rings. The highest BCUT2D eigenvalue weighted by molar-refractivity contribution is 5.92. The van der Waals surface area contributed by atoms with Gasteiger partial charge in [-0.3, -0.25) is 4.79 Å². The van der Waals surface area contributed by atoms with E-state index in [4.69, 9.17) is 4.74 Å². The van der Waals surface area contributed by atoms with Crippen LogP contribution in [0.25, 0.3) is 0 Å². The molecule has 5 nitrogen and oxygen atoms in total. The Labute approximate surface area is 117 Å². The first-order valence-electron chi connectivity index (χ1n) is 6.74. The molecule has 106 valence electrons. The molecule has 2 atom stereocenters. The van der Waals surface area contributed by atoms with Gasteiger partial charge in [0.2, 0.25) is 5.91 Å². The summed E-state index contributed by atoms with van der Waals surface area (Å²) in [5.41, 5.74) is 0.0791. The quantitative estimate of drug-likeness (QED) is 0.910. The molecule has 2 heterocycles. The highest BCUT2D eigenvalue weighted by atomic mass is 16.5. The molecular formula is C15H17NO4. The lowest BCUT2D eigenvalue weighted by Crippen LogP contribution is -2.47. The maximum atomic E-state index is 11.9. The van der Waals surface area contributed by atoms with E-state index >= 15 is 0 Å². The molecule has 2 aliphatic heterocycles. The van der Waals surface area contributed by atoms with E-state index in [-0.39, 0.29) is 11.8 Å². The number of ether oxygens (including phenoxy) is 1. The third kappa shape index (κ3) is 1.77. The van der Waals surface area contributed by atoms with Gasteiger partial charge in [-0.15, -0.1) is 0 Å². The maximum Gasteiger partial charge on any atom is 0.329 e. The van der Waals surface area contributed by atoms with E-state index in [1.807, 2.05) is 24.3 Å². The molecule has 0 spiro atoms. The van der Waals surface area contributed by atoms with E-state index in [2.05, 4.69) is 0 Å². The van der Waals surface area contributed by atoms with Gasteiger partial charge in [-0.05, 0) is 30.5 Å². The van der Waals surface area contributed by atoms with Crippen LogP contribution in [-0.2, 0) is 9.59 Å². The molecular weight excluding hydrogens is 258 g/mol. The Morgan fingerprint density at radius 3 is 2.65 bits per heavy atom.